The Morgan fingerprint density at radius 3 is 2.75 bits per heavy atom. The van der Waals surface area contributed by atoms with Crippen molar-refractivity contribution in [3.63, 3.8) is 0 Å². The third kappa shape index (κ3) is 3.11. The molecule has 1 saturated carbocycles. The molecule has 1 aliphatic carbocycles. The van der Waals surface area contributed by atoms with E-state index in [0.29, 0.717) is 6.04 Å². The van der Waals surface area contributed by atoms with Crippen LogP contribution in [0.1, 0.15) is 54.8 Å². The van der Waals surface area contributed by atoms with E-state index in [0.717, 1.165) is 15.3 Å². The zero-order chi connectivity index (χ0) is 16.5. The summed E-state index contributed by atoms with van der Waals surface area (Å²) in [6.07, 6.45) is 8.30. The van der Waals surface area contributed by atoms with Crippen molar-refractivity contribution in [1.29, 1.82) is 0 Å². The number of rotatable bonds is 3. The van der Waals surface area contributed by atoms with Crippen molar-refractivity contribution < 1.29 is 0 Å². The van der Waals surface area contributed by atoms with Crippen molar-refractivity contribution in [1.82, 2.24) is 15.2 Å². The predicted molar refractivity (Wildman–Crippen MR) is 106 cm³/mol. The van der Waals surface area contributed by atoms with Gasteiger partial charge in [0.2, 0.25) is 0 Å². The van der Waals surface area contributed by atoms with Crippen molar-refractivity contribution in [3.8, 4) is 0 Å². The molecule has 24 heavy (non-hydrogen) atoms. The summed E-state index contributed by atoms with van der Waals surface area (Å²) in [4.78, 5) is 8.41. The van der Waals surface area contributed by atoms with Gasteiger partial charge in [-0.1, -0.05) is 25.3 Å². The Hall–Kier alpha value is -0.980. The third-order valence-corrected chi connectivity index (χ3v) is 7.08. The van der Waals surface area contributed by atoms with E-state index in [-0.39, 0.29) is 12.1 Å². The van der Waals surface area contributed by atoms with Gasteiger partial charge in [-0.2, -0.15) is 0 Å². The van der Waals surface area contributed by atoms with E-state index in [1.807, 2.05) is 12.3 Å². The van der Waals surface area contributed by atoms with Gasteiger partial charge in [-0.05, 0) is 59.2 Å². The molecule has 2 aromatic heterocycles. The van der Waals surface area contributed by atoms with Crippen molar-refractivity contribution in [2.24, 2.45) is 0 Å². The van der Waals surface area contributed by atoms with Gasteiger partial charge in [0.25, 0.3) is 0 Å². The number of hydrogen-bond acceptors (Lipinski definition) is 3. The Bertz CT molecular complexity index is 712. The number of halogens is 1. The molecule has 2 atom stereocenters. The molecular formula is C18H20BrN3S2. The summed E-state index contributed by atoms with van der Waals surface area (Å²) in [7, 11) is 0. The summed E-state index contributed by atoms with van der Waals surface area (Å²) >= 11 is 11.2. The monoisotopic (exact) mass is 421 g/mol. The zero-order valence-electron chi connectivity index (χ0n) is 13.3. The van der Waals surface area contributed by atoms with Gasteiger partial charge >= 0.3 is 0 Å². The van der Waals surface area contributed by atoms with E-state index in [1.54, 1.807) is 11.3 Å². The molecular weight excluding hydrogens is 402 g/mol. The first kappa shape index (κ1) is 16.5. The van der Waals surface area contributed by atoms with Crippen LogP contribution in [0.4, 0.5) is 0 Å². The molecule has 0 bridgehead atoms. The first-order valence-corrected chi connectivity index (χ1v) is 10.6. The minimum absolute atomic E-state index is 0.117. The summed E-state index contributed by atoms with van der Waals surface area (Å²) in [6.45, 7) is 0. The molecule has 0 unspecified atom stereocenters. The number of aromatic nitrogens is 1. The second kappa shape index (κ2) is 7.10. The molecule has 4 rings (SSSR count). The molecule has 126 valence electrons. The molecule has 2 aliphatic rings. The largest absolute Gasteiger partial charge is 0.352 e. The van der Waals surface area contributed by atoms with E-state index in [4.69, 9.17) is 12.2 Å². The van der Waals surface area contributed by atoms with Crippen LogP contribution in [-0.4, -0.2) is 21.0 Å². The van der Waals surface area contributed by atoms with Crippen LogP contribution >= 0.6 is 39.5 Å². The maximum absolute atomic E-state index is 5.76. The molecule has 1 aliphatic heterocycles. The molecule has 0 spiro atoms. The average Bonchev–Trinajstić information content (AvgIpc) is 3.19. The third-order valence-electron chi connectivity index (χ3n) is 4.98. The van der Waals surface area contributed by atoms with E-state index < -0.39 is 0 Å². The Kier molecular flexibility index (Phi) is 4.88. The zero-order valence-corrected chi connectivity index (χ0v) is 16.5. The summed E-state index contributed by atoms with van der Waals surface area (Å²) in [6, 6.07) is 9.23. The summed E-state index contributed by atoms with van der Waals surface area (Å²) in [5, 5.41) is 6.60. The lowest BCUT2D eigenvalue weighted by atomic mass is 9.92. The summed E-state index contributed by atoms with van der Waals surface area (Å²) in [5.41, 5.74) is 1.06. The minimum atomic E-state index is 0.117. The van der Waals surface area contributed by atoms with Crippen LogP contribution in [0.3, 0.4) is 0 Å². The molecule has 6 heteroatoms. The summed E-state index contributed by atoms with van der Waals surface area (Å²) < 4.78 is 1.14. The highest BCUT2D eigenvalue weighted by atomic mass is 79.9. The fourth-order valence-electron chi connectivity index (χ4n) is 3.91. The Morgan fingerprint density at radius 2 is 2.08 bits per heavy atom. The molecule has 0 amide bonds. The highest BCUT2D eigenvalue weighted by molar-refractivity contribution is 9.10. The Morgan fingerprint density at radius 1 is 1.25 bits per heavy atom. The second-order valence-corrected chi connectivity index (χ2v) is 8.74. The fraction of sp³-hybridized carbons (Fsp3) is 0.444. The van der Waals surface area contributed by atoms with E-state index in [1.165, 1.54) is 37.0 Å². The molecule has 0 aromatic carbocycles. The molecule has 3 nitrogen and oxygen atoms in total. The standard InChI is InChI=1S/C18H20BrN3S2/c19-12-10-15(24-11-12)17-16(14-8-4-5-9-20-14)21-18(23)22(17)13-6-2-1-3-7-13/h4-5,8-11,13,16-17H,1-3,6-7H2,(H,21,23)/t16-,17+/m0/s1. The predicted octanol–water partition coefficient (Wildman–Crippen LogP) is 5.21. The highest BCUT2D eigenvalue weighted by Crippen LogP contribution is 2.44. The lowest BCUT2D eigenvalue weighted by Gasteiger charge is -2.36. The SMILES string of the molecule is S=C1N[C@@H](c2ccccn2)[C@@H](c2cc(Br)cs2)N1C1CCCCC1. The molecule has 0 radical (unpaired) electrons. The fourth-order valence-corrected chi connectivity index (χ4v) is 5.87. The number of thiophene rings is 1. The maximum atomic E-state index is 5.76. The first-order valence-electron chi connectivity index (χ1n) is 8.48. The van der Waals surface area contributed by atoms with Crippen LogP contribution in [0, 0.1) is 0 Å². The molecule has 2 fully saturated rings. The van der Waals surface area contributed by atoms with Crippen molar-refractivity contribution in [3.05, 3.63) is 50.9 Å². The second-order valence-electron chi connectivity index (χ2n) is 6.49. The van der Waals surface area contributed by atoms with Gasteiger partial charge in [0.15, 0.2) is 5.11 Å². The first-order chi connectivity index (χ1) is 11.7. The number of hydrogen-bond donors (Lipinski definition) is 1. The number of nitrogens with zero attached hydrogens (tertiary/aromatic N) is 2. The van der Waals surface area contributed by atoms with E-state index in [2.05, 4.69) is 54.7 Å². The van der Waals surface area contributed by atoms with Crippen LogP contribution in [0.5, 0.6) is 0 Å². The minimum Gasteiger partial charge on any atom is -0.352 e. The summed E-state index contributed by atoms with van der Waals surface area (Å²) in [5.74, 6) is 0. The van der Waals surface area contributed by atoms with Gasteiger partial charge in [0.1, 0.15) is 0 Å². The normalized spacial score (nSPS) is 25.0. The van der Waals surface area contributed by atoms with Crippen LogP contribution in [-0.2, 0) is 0 Å². The van der Waals surface area contributed by atoms with Crippen molar-refractivity contribution in [2.75, 3.05) is 0 Å². The number of thiocarbonyl (C=S) groups is 1. The van der Waals surface area contributed by atoms with E-state index >= 15 is 0 Å². The van der Waals surface area contributed by atoms with Gasteiger partial charge in [-0.25, -0.2) is 0 Å². The lowest BCUT2D eigenvalue weighted by Crippen LogP contribution is -2.40. The van der Waals surface area contributed by atoms with Gasteiger partial charge in [-0.15, -0.1) is 11.3 Å². The van der Waals surface area contributed by atoms with Gasteiger partial charge in [-0.3, -0.25) is 4.98 Å². The molecule has 3 heterocycles. The smallest absolute Gasteiger partial charge is 0.170 e. The van der Waals surface area contributed by atoms with Gasteiger partial charge < -0.3 is 10.2 Å². The van der Waals surface area contributed by atoms with Gasteiger partial charge in [0, 0.05) is 27.0 Å². The molecule has 1 saturated heterocycles. The van der Waals surface area contributed by atoms with Crippen molar-refractivity contribution in [2.45, 2.75) is 50.2 Å². The molecule has 2 aromatic rings. The lowest BCUT2D eigenvalue weighted by molar-refractivity contribution is 0.199. The van der Waals surface area contributed by atoms with Crippen LogP contribution < -0.4 is 5.32 Å². The average molecular weight is 422 g/mol. The topological polar surface area (TPSA) is 28.2 Å². The Labute approximate surface area is 160 Å². The number of nitrogens with one attached hydrogen (secondary N) is 1. The van der Waals surface area contributed by atoms with Crippen molar-refractivity contribution >= 4 is 44.6 Å². The van der Waals surface area contributed by atoms with E-state index in [9.17, 15) is 0 Å². The maximum Gasteiger partial charge on any atom is 0.170 e. The Balaban J connectivity index is 1.73. The van der Waals surface area contributed by atoms with Crippen LogP contribution in [0.2, 0.25) is 0 Å². The quantitative estimate of drug-likeness (QED) is 0.688. The van der Waals surface area contributed by atoms with Gasteiger partial charge in [0.05, 0.1) is 17.8 Å². The highest BCUT2D eigenvalue weighted by Gasteiger charge is 2.43. The number of pyridine rings is 1. The van der Waals surface area contributed by atoms with Crippen LogP contribution in [0.25, 0.3) is 0 Å². The van der Waals surface area contributed by atoms with Crippen LogP contribution in [0.15, 0.2) is 40.3 Å². The molecule has 1 N–H and O–H groups in total.